The summed E-state index contributed by atoms with van der Waals surface area (Å²) >= 11 is 0. The molecule has 0 aromatic heterocycles. The second-order valence-corrected chi connectivity index (χ2v) is 6.02. The van der Waals surface area contributed by atoms with Crippen LogP contribution in [0.5, 0.6) is 5.75 Å². The van der Waals surface area contributed by atoms with E-state index in [9.17, 15) is 9.90 Å². The van der Waals surface area contributed by atoms with E-state index in [-0.39, 0.29) is 12.1 Å². The smallest absolute Gasteiger partial charge is 0.320 e. The number of hydrogen-bond acceptors (Lipinski definition) is 3. The first-order valence-corrected chi connectivity index (χ1v) is 8.30. The standard InChI is InChI=1S/C18H27NO3/c1-3-4-7-16(14-9-11-15(22-2)12-10-14)19-13-6-5-8-17(19)18(20)21/h9-12,16-17H,3-8,13H2,1-2H3,(H,20,21). The van der Waals surface area contributed by atoms with Crippen LogP contribution in [-0.4, -0.2) is 35.7 Å². The zero-order valence-corrected chi connectivity index (χ0v) is 13.6. The van der Waals surface area contributed by atoms with Gasteiger partial charge >= 0.3 is 5.97 Å². The minimum absolute atomic E-state index is 0.187. The van der Waals surface area contributed by atoms with E-state index < -0.39 is 5.97 Å². The Morgan fingerprint density at radius 1 is 1.36 bits per heavy atom. The van der Waals surface area contributed by atoms with E-state index in [0.717, 1.165) is 50.8 Å². The van der Waals surface area contributed by atoms with Crippen molar-refractivity contribution in [3.05, 3.63) is 29.8 Å². The molecule has 1 saturated heterocycles. The lowest BCUT2D eigenvalue weighted by Gasteiger charge is -2.39. The van der Waals surface area contributed by atoms with Gasteiger partial charge in [-0.25, -0.2) is 0 Å². The fourth-order valence-corrected chi connectivity index (χ4v) is 3.34. The highest BCUT2D eigenvalue weighted by molar-refractivity contribution is 5.73. The predicted molar refractivity (Wildman–Crippen MR) is 87.2 cm³/mol. The van der Waals surface area contributed by atoms with Gasteiger partial charge in [0, 0.05) is 6.04 Å². The molecule has 1 aliphatic heterocycles. The largest absolute Gasteiger partial charge is 0.497 e. The summed E-state index contributed by atoms with van der Waals surface area (Å²) in [6.45, 7) is 3.05. The highest BCUT2D eigenvalue weighted by Crippen LogP contribution is 2.33. The number of carboxylic acid groups (broad SMARTS) is 1. The zero-order valence-electron chi connectivity index (χ0n) is 13.6. The lowest BCUT2D eigenvalue weighted by Crippen LogP contribution is -2.46. The molecule has 4 nitrogen and oxygen atoms in total. The molecule has 0 radical (unpaired) electrons. The van der Waals surface area contributed by atoms with E-state index in [1.165, 1.54) is 5.56 Å². The quantitative estimate of drug-likeness (QED) is 0.831. The fraction of sp³-hybridized carbons (Fsp3) is 0.611. The van der Waals surface area contributed by atoms with E-state index in [1.807, 2.05) is 12.1 Å². The Labute approximate surface area is 133 Å². The Kier molecular flexibility index (Phi) is 6.25. The first kappa shape index (κ1) is 16.8. The molecule has 1 aromatic carbocycles. The zero-order chi connectivity index (χ0) is 15.9. The van der Waals surface area contributed by atoms with Crippen LogP contribution < -0.4 is 4.74 Å². The summed E-state index contributed by atoms with van der Waals surface area (Å²) in [7, 11) is 1.66. The van der Waals surface area contributed by atoms with E-state index in [2.05, 4.69) is 24.0 Å². The summed E-state index contributed by atoms with van der Waals surface area (Å²) in [5.74, 6) is 0.154. The van der Waals surface area contributed by atoms with Gasteiger partial charge in [0.15, 0.2) is 0 Å². The number of methoxy groups -OCH3 is 1. The lowest BCUT2D eigenvalue weighted by molar-refractivity contribution is -0.146. The summed E-state index contributed by atoms with van der Waals surface area (Å²) in [4.78, 5) is 13.8. The third kappa shape index (κ3) is 4.01. The molecule has 2 rings (SSSR count). The maximum atomic E-state index is 11.6. The van der Waals surface area contributed by atoms with Gasteiger partial charge in [0.25, 0.3) is 0 Å². The maximum absolute atomic E-state index is 11.6. The van der Waals surface area contributed by atoms with Crippen LogP contribution in [-0.2, 0) is 4.79 Å². The first-order chi connectivity index (χ1) is 10.7. The number of ether oxygens (including phenoxy) is 1. The number of benzene rings is 1. The maximum Gasteiger partial charge on any atom is 0.320 e. The first-order valence-electron chi connectivity index (χ1n) is 8.30. The molecule has 22 heavy (non-hydrogen) atoms. The molecule has 2 unspecified atom stereocenters. The number of nitrogens with zero attached hydrogens (tertiary/aromatic N) is 1. The van der Waals surface area contributed by atoms with E-state index in [4.69, 9.17) is 4.74 Å². The number of hydrogen-bond donors (Lipinski definition) is 1. The molecule has 1 fully saturated rings. The van der Waals surface area contributed by atoms with Crippen LogP contribution in [0.1, 0.15) is 57.1 Å². The molecule has 122 valence electrons. The van der Waals surface area contributed by atoms with Gasteiger partial charge in [0.05, 0.1) is 7.11 Å². The molecule has 0 bridgehead atoms. The molecule has 0 aliphatic carbocycles. The molecular weight excluding hydrogens is 278 g/mol. The normalized spacial score (nSPS) is 20.5. The number of carbonyl (C=O) groups is 1. The summed E-state index contributed by atoms with van der Waals surface area (Å²) in [6.07, 6.45) is 6.09. The molecular formula is C18H27NO3. The summed E-state index contributed by atoms with van der Waals surface area (Å²) in [5.41, 5.74) is 1.20. The second kappa shape index (κ2) is 8.18. The number of piperidine rings is 1. The van der Waals surface area contributed by atoms with Gasteiger partial charge in [-0.1, -0.05) is 38.3 Å². The predicted octanol–water partition coefficient (Wildman–Crippen LogP) is 3.87. The van der Waals surface area contributed by atoms with E-state index in [0.29, 0.717) is 0 Å². The average molecular weight is 305 g/mol. The van der Waals surface area contributed by atoms with Gasteiger partial charge in [-0.3, -0.25) is 9.69 Å². The van der Waals surface area contributed by atoms with Crippen molar-refractivity contribution in [3.63, 3.8) is 0 Å². The van der Waals surface area contributed by atoms with Gasteiger partial charge in [0.2, 0.25) is 0 Å². The summed E-state index contributed by atoms with van der Waals surface area (Å²) in [5, 5.41) is 9.55. The number of carboxylic acids is 1. The topological polar surface area (TPSA) is 49.8 Å². The second-order valence-electron chi connectivity index (χ2n) is 6.02. The van der Waals surface area contributed by atoms with Gasteiger partial charge in [-0.15, -0.1) is 0 Å². The molecule has 1 aromatic rings. The average Bonchev–Trinajstić information content (AvgIpc) is 2.56. The third-order valence-electron chi connectivity index (χ3n) is 4.56. The number of aliphatic carboxylic acids is 1. The van der Waals surface area contributed by atoms with Crippen molar-refractivity contribution in [2.45, 2.75) is 57.5 Å². The van der Waals surface area contributed by atoms with E-state index >= 15 is 0 Å². The molecule has 1 N–H and O–H groups in total. The number of likely N-dealkylation sites (tertiary alicyclic amines) is 1. The van der Waals surface area contributed by atoms with Gasteiger partial charge in [0.1, 0.15) is 11.8 Å². The number of unbranched alkanes of at least 4 members (excludes halogenated alkanes) is 1. The summed E-state index contributed by atoms with van der Waals surface area (Å²) in [6, 6.07) is 7.92. The van der Waals surface area contributed by atoms with Crippen molar-refractivity contribution in [2.24, 2.45) is 0 Å². The SMILES string of the molecule is CCCCC(c1ccc(OC)cc1)N1CCCCC1C(=O)O. The Morgan fingerprint density at radius 3 is 2.68 bits per heavy atom. The van der Waals surface area contributed by atoms with Crippen molar-refractivity contribution in [1.82, 2.24) is 4.90 Å². The van der Waals surface area contributed by atoms with Crippen LogP contribution >= 0.6 is 0 Å². The molecule has 1 aliphatic rings. The van der Waals surface area contributed by atoms with Gasteiger partial charge < -0.3 is 9.84 Å². The van der Waals surface area contributed by atoms with Crippen LogP contribution in [0, 0.1) is 0 Å². The molecule has 0 amide bonds. The Bertz CT molecular complexity index is 472. The van der Waals surface area contributed by atoms with Gasteiger partial charge in [-0.05, 0) is 43.5 Å². The van der Waals surface area contributed by atoms with Crippen LogP contribution in [0.2, 0.25) is 0 Å². The fourth-order valence-electron chi connectivity index (χ4n) is 3.34. The lowest BCUT2D eigenvalue weighted by atomic mass is 9.93. The van der Waals surface area contributed by atoms with Crippen LogP contribution in [0.25, 0.3) is 0 Å². The molecule has 4 heteroatoms. The molecule has 2 atom stereocenters. The van der Waals surface area contributed by atoms with E-state index in [1.54, 1.807) is 7.11 Å². The highest BCUT2D eigenvalue weighted by atomic mass is 16.5. The summed E-state index contributed by atoms with van der Waals surface area (Å²) < 4.78 is 5.23. The van der Waals surface area contributed by atoms with Crippen LogP contribution in [0.3, 0.4) is 0 Å². The van der Waals surface area contributed by atoms with Crippen molar-refractivity contribution in [2.75, 3.05) is 13.7 Å². The highest BCUT2D eigenvalue weighted by Gasteiger charge is 2.33. The van der Waals surface area contributed by atoms with Crippen LogP contribution in [0.15, 0.2) is 24.3 Å². The molecule has 1 heterocycles. The Balaban J connectivity index is 2.24. The monoisotopic (exact) mass is 305 g/mol. The van der Waals surface area contributed by atoms with Crippen molar-refractivity contribution >= 4 is 5.97 Å². The third-order valence-corrected chi connectivity index (χ3v) is 4.56. The minimum Gasteiger partial charge on any atom is -0.497 e. The molecule has 0 spiro atoms. The molecule has 0 saturated carbocycles. The van der Waals surface area contributed by atoms with Crippen molar-refractivity contribution in [1.29, 1.82) is 0 Å². The Hall–Kier alpha value is -1.55. The van der Waals surface area contributed by atoms with Gasteiger partial charge in [-0.2, -0.15) is 0 Å². The van der Waals surface area contributed by atoms with Crippen molar-refractivity contribution < 1.29 is 14.6 Å². The minimum atomic E-state index is -0.685. The van der Waals surface area contributed by atoms with Crippen LogP contribution in [0.4, 0.5) is 0 Å². The Morgan fingerprint density at radius 2 is 2.09 bits per heavy atom. The number of rotatable bonds is 7. The van der Waals surface area contributed by atoms with Crippen molar-refractivity contribution in [3.8, 4) is 5.75 Å².